The summed E-state index contributed by atoms with van der Waals surface area (Å²) in [5.41, 5.74) is 2.18. The molecule has 1 unspecified atom stereocenters. The fraction of sp³-hybridized carbons (Fsp3) is 0.458. The average molecular weight is 443 g/mol. The van der Waals surface area contributed by atoms with Crippen molar-refractivity contribution in [2.45, 2.75) is 25.6 Å². The smallest absolute Gasteiger partial charge is 0.191 e. The van der Waals surface area contributed by atoms with Crippen LogP contribution in [0.1, 0.15) is 17.5 Å². The third-order valence-electron chi connectivity index (χ3n) is 5.59. The van der Waals surface area contributed by atoms with Crippen molar-refractivity contribution in [2.24, 2.45) is 4.99 Å². The van der Waals surface area contributed by atoms with E-state index in [1.165, 1.54) is 5.56 Å². The molecule has 0 radical (unpaired) electrons. The molecule has 2 aromatic carbocycles. The third kappa shape index (κ3) is 5.97. The Kier molecular flexibility index (Phi) is 8.44. The van der Waals surface area contributed by atoms with E-state index < -0.39 is 0 Å². The van der Waals surface area contributed by atoms with Gasteiger partial charge >= 0.3 is 0 Å². The number of methoxy groups -OCH3 is 4. The topological polar surface area (TPSA) is 76.6 Å². The SMILES string of the molecule is CN=C(NCc1cccc(OC)c1OC)NC1CCN(Cc2cc(OC)cc(OC)c2)C1. The van der Waals surface area contributed by atoms with Gasteiger partial charge in [0.25, 0.3) is 0 Å². The molecule has 0 bridgehead atoms. The first-order valence-corrected chi connectivity index (χ1v) is 10.7. The zero-order valence-corrected chi connectivity index (χ0v) is 19.6. The van der Waals surface area contributed by atoms with E-state index >= 15 is 0 Å². The van der Waals surface area contributed by atoms with Crippen LogP contribution in [0.25, 0.3) is 0 Å². The molecule has 8 heteroatoms. The second-order valence-corrected chi connectivity index (χ2v) is 7.66. The lowest BCUT2D eigenvalue weighted by Crippen LogP contribution is -2.44. The number of likely N-dealkylation sites (tertiary alicyclic amines) is 1. The first-order chi connectivity index (χ1) is 15.6. The predicted molar refractivity (Wildman–Crippen MR) is 126 cm³/mol. The highest BCUT2D eigenvalue weighted by molar-refractivity contribution is 5.80. The molecule has 3 rings (SSSR count). The van der Waals surface area contributed by atoms with Crippen LogP contribution in [0.5, 0.6) is 23.0 Å². The number of aliphatic imine (C=N–C) groups is 1. The molecule has 0 aliphatic carbocycles. The van der Waals surface area contributed by atoms with Gasteiger partial charge < -0.3 is 29.6 Å². The van der Waals surface area contributed by atoms with Crippen LogP contribution in [0, 0.1) is 0 Å². The number of nitrogens with one attached hydrogen (secondary N) is 2. The van der Waals surface area contributed by atoms with Crippen molar-refractivity contribution in [3.05, 3.63) is 47.5 Å². The van der Waals surface area contributed by atoms with Crippen LogP contribution >= 0.6 is 0 Å². The Morgan fingerprint density at radius 3 is 2.41 bits per heavy atom. The Bertz CT molecular complexity index is 897. The first-order valence-electron chi connectivity index (χ1n) is 10.7. The number of ether oxygens (including phenoxy) is 4. The molecule has 0 spiro atoms. The number of nitrogens with zero attached hydrogens (tertiary/aromatic N) is 2. The van der Waals surface area contributed by atoms with Gasteiger partial charge in [-0.25, -0.2) is 0 Å². The summed E-state index contributed by atoms with van der Waals surface area (Å²) in [6.07, 6.45) is 1.05. The van der Waals surface area contributed by atoms with Crippen LogP contribution in [0.4, 0.5) is 0 Å². The van der Waals surface area contributed by atoms with E-state index in [1.807, 2.05) is 24.3 Å². The van der Waals surface area contributed by atoms with Crippen LogP contribution in [-0.4, -0.2) is 65.5 Å². The molecule has 1 saturated heterocycles. The monoisotopic (exact) mass is 442 g/mol. The van der Waals surface area contributed by atoms with E-state index in [0.717, 1.165) is 60.6 Å². The van der Waals surface area contributed by atoms with Crippen LogP contribution in [0.3, 0.4) is 0 Å². The zero-order valence-electron chi connectivity index (χ0n) is 19.6. The number of hydrogen-bond acceptors (Lipinski definition) is 6. The molecule has 1 aliphatic rings. The van der Waals surface area contributed by atoms with Gasteiger partial charge in [-0.05, 0) is 30.2 Å². The van der Waals surface area contributed by atoms with E-state index in [-0.39, 0.29) is 0 Å². The summed E-state index contributed by atoms with van der Waals surface area (Å²) in [6.45, 7) is 3.37. The molecule has 2 aromatic rings. The second-order valence-electron chi connectivity index (χ2n) is 7.66. The van der Waals surface area contributed by atoms with Gasteiger partial charge in [-0.3, -0.25) is 9.89 Å². The number of para-hydroxylation sites is 1. The van der Waals surface area contributed by atoms with Crippen molar-refractivity contribution in [3.63, 3.8) is 0 Å². The Balaban J connectivity index is 1.54. The van der Waals surface area contributed by atoms with Gasteiger partial charge in [-0.15, -0.1) is 0 Å². The molecule has 174 valence electrons. The van der Waals surface area contributed by atoms with Gasteiger partial charge in [-0.2, -0.15) is 0 Å². The zero-order chi connectivity index (χ0) is 22.9. The van der Waals surface area contributed by atoms with E-state index in [2.05, 4.69) is 32.7 Å². The van der Waals surface area contributed by atoms with Crippen LogP contribution < -0.4 is 29.6 Å². The highest BCUT2D eigenvalue weighted by Crippen LogP contribution is 2.30. The maximum Gasteiger partial charge on any atom is 0.191 e. The summed E-state index contributed by atoms with van der Waals surface area (Å²) in [7, 11) is 8.43. The number of rotatable bonds is 9. The lowest BCUT2D eigenvalue weighted by molar-refractivity contribution is 0.321. The summed E-state index contributed by atoms with van der Waals surface area (Å²) >= 11 is 0. The fourth-order valence-electron chi connectivity index (χ4n) is 3.97. The lowest BCUT2D eigenvalue weighted by Gasteiger charge is -2.20. The summed E-state index contributed by atoms with van der Waals surface area (Å²) in [4.78, 5) is 6.81. The Morgan fingerprint density at radius 1 is 1.03 bits per heavy atom. The van der Waals surface area contributed by atoms with Crippen LogP contribution in [-0.2, 0) is 13.1 Å². The molecule has 2 N–H and O–H groups in total. The van der Waals surface area contributed by atoms with Crippen molar-refractivity contribution in [3.8, 4) is 23.0 Å². The summed E-state index contributed by atoms with van der Waals surface area (Å²) < 4.78 is 21.7. The molecule has 1 atom stereocenters. The Labute approximate surface area is 190 Å². The molecule has 1 heterocycles. The highest BCUT2D eigenvalue weighted by atomic mass is 16.5. The van der Waals surface area contributed by atoms with Gasteiger partial charge in [-0.1, -0.05) is 12.1 Å². The highest BCUT2D eigenvalue weighted by Gasteiger charge is 2.23. The maximum absolute atomic E-state index is 5.52. The van der Waals surface area contributed by atoms with Crippen molar-refractivity contribution in [1.29, 1.82) is 0 Å². The van der Waals surface area contributed by atoms with Crippen molar-refractivity contribution >= 4 is 5.96 Å². The van der Waals surface area contributed by atoms with Gasteiger partial charge in [0.05, 0.1) is 28.4 Å². The summed E-state index contributed by atoms with van der Waals surface area (Å²) in [6, 6.07) is 12.2. The van der Waals surface area contributed by atoms with Gasteiger partial charge in [0, 0.05) is 50.9 Å². The minimum atomic E-state index is 0.320. The van der Waals surface area contributed by atoms with Gasteiger partial charge in [0.15, 0.2) is 17.5 Å². The average Bonchev–Trinajstić information content (AvgIpc) is 3.27. The minimum Gasteiger partial charge on any atom is -0.497 e. The molecule has 1 aliphatic heterocycles. The molecule has 0 saturated carbocycles. The fourth-order valence-corrected chi connectivity index (χ4v) is 3.97. The molecule has 1 fully saturated rings. The molecule has 0 amide bonds. The maximum atomic E-state index is 5.52. The summed E-state index contributed by atoms with van der Waals surface area (Å²) in [5, 5.41) is 6.92. The number of guanidine groups is 1. The number of hydrogen-bond donors (Lipinski definition) is 2. The molecular formula is C24H34N4O4. The van der Waals surface area contributed by atoms with Crippen LogP contribution in [0.2, 0.25) is 0 Å². The summed E-state index contributed by atoms with van der Waals surface area (Å²) in [5.74, 6) is 3.84. The van der Waals surface area contributed by atoms with E-state index in [1.54, 1.807) is 35.5 Å². The van der Waals surface area contributed by atoms with Gasteiger partial charge in [0.2, 0.25) is 0 Å². The molecular weight excluding hydrogens is 408 g/mol. The van der Waals surface area contributed by atoms with E-state index in [4.69, 9.17) is 18.9 Å². The largest absolute Gasteiger partial charge is 0.497 e. The number of benzene rings is 2. The molecule has 32 heavy (non-hydrogen) atoms. The van der Waals surface area contributed by atoms with Crippen LogP contribution in [0.15, 0.2) is 41.4 Å². The van der Waals surface area contributed by atoms with Crippen molar-refractivity contribution in [1.82, 2.24) is 15.5 Å². The minimum absolute atomic E-state index is 0.320. The quantitative estimate of drug-likeness (QED) is 0.457. The van der Waals surface area contributed by atoms with E-state index in [9.17, 15) is 0 Å². The second kappa shape index (κ2) is 11.5. The third-order valence-corrected chi connectivity index (χ3v) is 5.59. The van der Waals surface area contributed by atoms with Gasteiger partial charge in [0.1, 0.15) is 11.5 Å². The van der Waals surface area contributed by atoms with E-state index in [0.29, 0.717) is 12.6 Å². The predicted octanol–water partition coefficient (Wildman–Crippen LogP) is 2.66. The van der Waals surface area contributed by atoms with Crippen molar-refractivity contribution in [2.75, 3.05) is 48.6 Å². The first kappa shape index (κ1) is 23.5. The lowest BCUT2D eigenvalue weighted by atomic mass is 10.2. The molecule has 8 nitrogen and oxygen atoms in total. The Hall–Kier alpha value is -3.13. The molecule has 0 aromatic heterocycles. The normalized spacial score (nSPS) is 16.5. The Morgan fingerprint density at radius 2 is 1.78 bits per heavy atom. The standard InChI is InChI=1S/C24H34N4O4/c1-25-24(26-14-18-7-6-8-22(31-4)23(18)32-5)27-19-9-10-28(16-19)15-17-11-20(29-2)13-21(12-17)30-3/h6-8,11-13,19H,9-10,14-16H2,1-5H3,(H2,25,26,27). The van der Waals surface area contributed by atoms with Crippen molar-refractivity contribution < 1.29 is 18.9 Å².